The van der Waals surface area contributed by atoms with Crippen LogP contribution in [0.5, 0.6) is 0 Å². The number of aromatic nitrogens is 2. The number of halogens is 3. The van der Waals surface area contributed by atoms with Crippen LogP contribution in [0.25, 0.3) is 0 Å². The monoisotopic (exact) mass is 388 g/mol. The molecule has 0 N–H and O–H groups in total. The first-order valence-corrected chi connectivity index (χ1v) is 9.22. The third-order valence-corrected chi connectivity index (χ3v) is 5.44. The molecule has 150 valence electrons. The SMILES string of the molecule is C[C@@H]1COCCN1c1cc(=O)n2c(n1)N(CC1COC1)[C@H](C(F)(F)F)CC2. The van der Waals surface area contributed by atoms with Gasteiger partial charge in [0.25, 0.3) is 5.56 Å². The Labute approximate surface area is 154 Å². The van der Waals surface area contributed by atoms with Gasteiger partial charge in [0.05, 0.1) is 32.5 Å². The van der Waals surface area contributed by atoms with Gasteiger partial charge in [0.1, 0.15) is 11.9 Å². The normalized spacial score (nSPS) is 26.7. The summed E-state index contributed by atoms with van der Waals surface area (Å²) in [5.74, 6) is 0.542. The second-order valence-electron chi connectivity index (χ2n) is 7.42. The molecule has 0 aromatic carbocycles. The molecular formula is C17H23F3N4O3. The van der Waals surface area contributed by atoms with Crippen LogP contribution in [-0.2, 0) is 16.0 Å². The van der Waals surface area contributed by atoms with E-state index in [0.29, 0.717) is 38.8 Å². The molecule has 2 fully saturated rings. The van der Waals surface area contributed by atoms with Gasteiger partial charge in [0.15, 0.2) is 0 Å². The van der Waals surface area contributed by atoms with Crippen LogP contribution in [0.1, 0.15) is 13.3 Å². The standard InChI is InChI=1S/C17H23F3N4O3/c1-11-8-26-5-4-22(11)14-6-15(25)23-3-2-13(17(18,19)20)24(16(23)21-14)7-12-9-27-10-12/h6,11-13H,2-5,7-10H2,1H3/t11-,13+/m1/s1. The van der Waals surface area contributed by atoms with E-state index < -0.39 is 12.2 Å². The molecule has 10 heteroatoms. The van der Waals surface area contributed by atoms with Crippen LogP contribution in [0, 0.1) is 5.92 Å². The third kappa shape index (κ3) is 3.52. The molecule has 0 spiro atoms. The average molecular weight is 388 g/mol. The van der Waals surface area contributed by atoms with Crippen molar-refractivity contribution in [2.24, 2.45) is 5.92 Å². The number of ether oxygens (including phenoxy) is 2. The first kappa shape index (κ1) is 18.5. The smallest absolute Gasteiger partial charge is 0.381 e. The van der Waals surface area contributed by atoms with Gasteiger partial charge in [-0.1, -0.05) is 0 Å². The number of alkyl halides is 3. The predicted octanol–water partition coefficient (Wildman–Crippen LogP) is 1.26. The van der Waals surface area contributed by atoms with E-state index >= 15 is 0 Å². The van der Waals surface area contributed by atoms with Gasteiger partial charge in [-0.15, -0.1) is 0 Å². The van der Waals surface area contributed by atoms with E-state index in [1.807, 2.05) is 11.8 Å². The summed E-state index contributed by atoms with van der Waals surface area (Å²) in [7, 11) is 0. The van der Waals surface area contributed by atoms with Gasteiger partial charge in [0, 0.05) is 31.6 Å². The lowest BCUT2D eigenvalue weighted by atomic mass is 10.0. The van der Waals surface area contributed by atoms with Crippen LogP contribution in [0.15, 0.2) is 10.9 Å². The van der Waals surface area contributed by atoms with Crippen LogP contribution < -0.4 is 15.4 Å². The number of nitrogens with zero attached hydrogens (tertiary/aromatic N) is 4. The Morgan fingerprint density at radius 2 is 2.00 bits per heavy atom. The first-order valence-electron chi connectivity index (χ1n) is 9.22. The van der Waals surface area contributed by atoms with E-state index in [4.69, 9.17) is 9.47 Å². The topological polar surface area (TPSA) is 59.8 Å². The van der Waals surface area contributed by atoms with E-state index in [2.05, 4.69) is 4.98 Å². The van der Waals surface area contributed by atoms with Gasteiger partial charge < -0.3 is 19.3 Å². The van der Waals surface area contributed by atoms with Gasteiger partial charge in [0.2, 0.25) is 5.95 Å². The fraction of sp³-hybridized carbons (Fsp3) is 0.765. The Bertz CT molecular complexity index is 750. The highest BCUT2D eigenvalue weighted by Crippen LogP contribution is 2.35. The number of rotatable bonds is 3. The number of hydrogen-bond donors (Lipinski definition) is 0. The van der Waals surface area contributed by atoms with Gasteiger partial charge in [-0.05, 0) is 13.3 Å². The van der Waals surface area contributed by atoms with Crippen LogP contribution in [0.4, 0.5) is 24.9 Å². The molecule has 3 aliphatic heterocycles. The maximum absolute atomic E-state index is 13.7. The van der Waals surface area contributed by atoms with Crippen molar-refractivity contribution in [1.82, 2.24) is 9.55 Å². The quantitative estimate of drug-likeness (QED) is 0.777. The molecule has 4 rings (SSSR count). The predicted molar refractivity (Wildman–Crippen MR) is 92.2 cm³/mol. The van der Waals surface area contributed by atoms with Crippen molar-refractivity contribution in [2.75, 3.05) is 49.3 Å². The van der Waals surface area contributed by atoms with Crippen molar-refractivity contribution in [3.05, 3.63) is 16.4 Å². The number of fused-ring (bicyclic) bond motifs is 1. The van der Waals surface area contributed by atoms with E-state index in [1.165, 1.54) is 15.5 Å². The summed E-state index contributed by atoms with van der Waals surface area (Å²) in [5.41, 5.74) is -0.316. The number of anilines is 2. The maximum Gasteiger partial charge on any atom is 0.408 e. The molecule has 1 aromatic heterocycles. The van der Waals surface area contributed by atoms with Gasteiger partial charge in [-0.3, -0.25) is 9.36 Å². The summed E-state index contributed by atoms with van der Waals surface area (Å²) < 4.78 is 52.9. The molecule has 2 atom stereocenters. The van der Waals surface area contributed by atoms with Crippen molar-refractivity contribution in [1.29, 1.82) is 0 Å². The van der Waals surface area contributed by atoms with Crippen molar-refractivity contribution < 1.29 is 22.6 Å². The highest BCUT2D eigenvalue weighted by Gasteiger charge is 2.47. The average Bonchev–Trinajstić information content (AvgIpc) is 2.57. The molecule has 2 saturated heterocycles. The Morgan fingerprint density at radius 1 is 1.22 bits per heavy atom. The minimum absolute atomic E-state index is 0.00388. The lowest BCUT2D eigenvalue weighted by Gasteiger charge is -2.43. The second kappa shape index (κ2) is 6.97. The second-order valence-corrected chi connectivity index (χ2v) is 7.42. The molecule has 0 unspecified atom stereocenters. The summed E-state index contributed by atoms with van der Waals surface area (Å²) in [5, 5.41) is 0. The van der Waals surface area contributed by atoms with Crippen LogP contribution in [0.3, 0.4) is 0 Å². The lowest BCUT2D eigenvalue weighted by molar-refractivity contribution is -0.154. The Balaban J connectivity index is 1.73. The van der Waals surface area contributed by atoms with Crippen molar-refractivity contribution in [3.63, 3.8) is 0 Å². The fourth-order valence-corrected chi connectivity index (χ4v) is 3.89. The molecular weight excluding hydrogens is 365 g/mol. The molecule has 1 aromatic rings. The van der Waals surface area contributed by atoms with Crippen LogP contribution in [0.2, 0.25) is 0 Å². The van der Waals surface area contributed by atoms with Gasteiger partial charge in [-0.25, -0.2) is 0 Å². The zero-order valence-corrected chi connectivity index (χ0v) is 15.1. The molecule has 0 radical (unpaired) electrons. The molecule has 4 heterocycles. The van der Waals surface area contributed by atoms with E-state index in [-0.39, 0.29) is 43.0 Å². The molecule has 27 heavy (non-hydrogen) atoms. The summed E-state index contributed by atoms with van der Waals surface area (Å²) >= 11 is 0. The fourth-order valence-electron chi connectivity index (χ4n) is 3.89. The lowest BCUT2D eigenvalue weighted by Crippen LogP contribution is -2.56. The minimum atomic E-state index is -4.38. The van der Waals surface area contributed by atoms with Crippen LogP contribution in [-0.4, -0.2) is 67.3 Å². The third-order valence-electron chi connectivity index (χ3n) is 5.44. The highest BCUT2D eigenvalue weighted by molar-refractivity contribution is 5.47. The summed E-state index contributed by atoms with van der Waals surface area (Å²) in [6.45, 7) is 4.56. The molecule has 7 nitrogen and oxygen atoms in total. The largest absolute Gasteiger partial charge is 0.408 e. The molecule has 0 aliphatic carbocycles. The van der Waals surface area contributed by atoms with E-state index in [1.54, 1.807) is 0 Å². The molecule has 3 aliphatic rings. The van der Waals surface area contributed by atoms with Gasteiger partial charge in [-0.2, -0.15) is 18.2 Å². The van der Waals surface area contributed by atoms with E-state index in [9.17, 15) is 18.0 Å². The molecule has 0 bridgehead atoms. The zero-order chi connectivity index (χ0) is 19.2. The summed E-state index contributed by atoms with van der Waals surface area (Å²) in [6, 6.07) is -0.212. The Hall–Kier alpha value is -1.81. The van der Waals surface area contributed by atoms with Crippen molar-refractivity contribution in [2.45, 2.75) is 38.1 Å². The first-order chi connectivity index (χ1) is 12.8. The van der Waals surface area contributed by atoms with E-state index in [0.717, 1.165) is 0 Å². The number of morpholine rings is 1. The van der Waals surface area contributed by atoms with Crippen molar-refractivity contribution >= 4 is 11.8 Å². The molecule has 0 saturated carbocycles. The van der Waals surface area contributed by atoms with Crippen molar-refractivity contribution in [3.8, 4) is 0 Å². The maximum atomic E-state index is 13.7. The molecule has 0 amide bonds. The summed E-state index contributed by atoms with van der Waals surface area (Å²) in [4.78, 5) is 20.3. The van der Waals surface area contributed by atoms with Gasteiger partial charge >= 0.3 is 6.18 Å². The number of hydrogen-bond acceptors (Lipinski definition) is 6. The Morgan fingerprint density at radius 3 is 2.63 bits per heavy atom. The summed E-state index contributed by atoms with van der Waals surface area (Å²) in [6.07, 6.45) is -4.53. The highest BCUT2D eigenvalue weighted by atomic mass is 19.4. The van der Waals surface area contributed by atoms with Crippen LogP contribution >= 0.6 is 0 Å². The zero-order valence-electron chi connectivity index (χ0n) is 15.1. The Kier molecular flexibility index (Phi) is 4.79. The minimum Gasteiger partial charge on any atom is -0.381 e.